The molecule has 0 saturated carbocycles. The van der Waals surface area contributed by atoms with Crippen LogP contribution >= 0.6 is 0 Å². The Morgan fingerprint density at radius 3 is 2.86 bits per heavy atom. The minimum atomic E-state index is 1.16. The zero-order valence-electron chi connectivity index (χ0n) is 4.26. The molecule has 0 saturated heterocycles. The summed E-state index contributed by atoms with van der Waals surface area (Å²) >= 11 is 1.68. The molecule has 1 rings (SSSR count). The monoisotopic (exact) mass is 138 g/mol. The van der Waals surface area contributed by atoms with E-state index in [1.165, 1.54) is 4.54 Å². The van der Waals surface area contributed by atoms with Gasteiger partial charge in [-0.1, -0.05) is 0 Å². The summed E-state index contributed by atoms with van der Waals surface area (Å²) in [7, 11) is 0. The Labute approximate surface area is 50.1 Å². The predicted octanol–water partition coefficient (Wildman–Crippen LogP) is 1.96. The van der Waals surface area contributed by atoms with Crippen molar-refractivity contribution in [2.75, 3.05) is 0 Å². The van der Waals surface area contributed by atoms with Crippen molar-refractivity contribution in [2.45, 2.75) is 12.3 Å². The van der Waals surface area contributed by atoms with Crippen LogP contribution in [0, 0.1) is 0 Å². The van der Waals surface area contributed by atoms with Crippen LogP contribution in [-0.2, 0) is 14.4 Å². The van der Waals surface area contributed by atoms with Crippen LogP contribution in [0.5, 0.6) is 0 Å². The summed E-state index contributed by atoms with van der Waals surface area (Å²) in [5.41, 5.74) is 0. The molecule has 0 nitrogen and oxygen atoms in total. The van der Waals surface area contributed by atoms with Gasteiger partial charge < -0.3 is 0 Å². The first-order valence-electron chi connectivity index (χ1n) is 2.19. The number of rotatable bonds is 1. The fraction of sp³-hybridized carbons (Fsp3) is 0.333. The summed E-state index contributed by atoms with van der Waals surface area (Å²) in [6, 6.07) is 0. The topological polar surface area (TPSA) is 0 Å². The van der Waals surface area contributed by atoms with Crippen LogP contribution in [0.2, 0.25) is 5.89 Å². The molecular formula is C6H8Ni. The molecule has 0 radical (unpaired) electrons. The van der Waals surface area contributed by atoms with Gasteiger partial charge in [0.25, 0.3) is 0 Å². The quantitative estimate of drug-likeness (QED) is 0.487. The molecule has 42 valence electrons. The van der Waals surface area contributed by atoms with Crippen LogP contribution in [0.3, 0.4) is 0 Å². The Bertz CT molecular complexity index is 111. The minimum absolute atomic E-state index is 1.16. The molecule has 0 atom stereocenters. The van der Waals surface area contributed by atoms with Gasteiger partial charge >= 0.3 is 49.5 Å². The molecule has 0 fully saturated rings. The Morgan fingerprint density at radius 2 is 2.57 bits per heavy atom. The van der Waals surface area contributed by atoms with E-state index in [1.807, 2.05) is 0 Å². The number of allylic oxidation sites excluding steroid dienone is 4. The molecule has 0 aliphatic heterocycles. The summed E-state index contributed by atoms with van der Waals surface area (Å²) in [5.74, 6) is 2.13. The molecule has 0 aromatic heterocycles. The fourth-order valence-corrected chi connectivity index (χ4v) is 1.10. The molecule has 1 aliphatic carbocycles. The van der Waals surface area contributed by atoms with E-state index in [4.69, 9.17) is 0 Å². The van der Waals surface area contributed by atoms with Gasteiger partial charge in [0.1, 0.15) is 0 Å². The SMILES string of the molecule is [CH3][Ni][C]1=CC=CC1. The molecular weight excluding hydrogens is 131 g/mol. The maximum absolute atomic E-state index is 2.18. The zero-order chi connectivity index (χ0) is 5.11. The second-order valence-electron chi connectivity index (χ2n) is 1.36. The van der Waals surface area contributed by atoms with Crippen molar-refractivity contribution in [1.82, 2.24) is 0 Å². The molecule has 1 aliphatic rings. The summed E-state index contributed by atoms with van der Waals surface area (Å²) in [6.45, 7) is 0. The Morgan fingerprint density at radius 1 is 1.71 bits per heavy atom. The van der Waals surface area contributed by atoms with Gasteiger partial charge in [0.15, 0.2) is 0 Å². The van der Waals surface area contributed by atoms with Crippen LogP contribution in [0.4, 0.5) is 0 Å². The third kappa shape index (κ3) is 1.17. The van der Waals surface area contributed by atoms with E-state index in [1.54, 1.807) is 14.4 Å². The second kappa shape index (κ2) is 2.32. The van der Waals surface area contributed by atoms with E-state index >= 15 is 0 Å². The van der Waals surface area contributed by atoms with Crippen LogP contribution in [0.15, 0.2) is 22.8 Å². The average molecular weight is 139 g/mol. The van der Waals surface area contributed by atoms with E-state index in [2.05, 4.69) is 24.1 Å². The Hall–Kier alpha value is -0.0265. The van der Waals surface area contributed by atoms with Gasteiger partial charge in [-0.3, -0.25) is 0 Å². The molecule has 0 bridgehead atoms. The maximum atomic E-state index is 2.18. The van der Waals surface area contributed by atoms with Crippen LogP contribution < -0.4 is 0 Å². The molecule has 0 amide bonds. The van der Waals surface area contributed by atoms with E-state index in [-0.39, 0.29) is 0 Å². The van der Waals surface area contributed by atoms with Crippen molar-refractivity contribution in [3.8, 4) is 0 Å². The molecule has 0 heterocycles. The van der Waals surface area contributed by atoms with E-state index in [9.17, 15) is 0 Å². The van der Waals surface area contributed by atoms with Gasteiger partial charge in [-0.25, -0.2) is 0 Å². The summed E-state index contributed by atoms with van der Waals surface area (Å²) in [4.78, 5) is 0. The number of hydrogen-bond acceptors (Lipinski definition) is 0. The van der Waals surface area contributed by atoms with Gasteiger partial charge in [-0.2, -0.15) is 0 Å². The van der Waals surface area contributed by atoms with Gasteiger partial charge in [0, 0.05) is 0 Å². The second-order valence-corrected chi connectivity index (χ2v) is 2.49. The first-order valence-corrected chi connectivity index (χ1v) is 3.67. The van der Waals surface area contributed by atoms with Gasteiger partial charge in [0.05, 0.1) is 0 Å². The average Bonchev–Trinajstić information content (AvgIpc) is 2.14. The van der Waals surface area contributed by atoms with Crippen molar-refractivity contribution in [3.05, 3.63) is 22.8 Å². The van der Waals surface area contributed by atoms with Gasteiger partial charge in [-0.15, -0.1) is 0 Å². The molecule has 0 spiro atoms. The zero-order valence-corrected chi connectivity index (χ0v) is 5.24. The predicted molar refractivity (Wildman–Crippen MR) is 27.7 cm³/mol. The van der Waals surface area contributed by atoms with E-state index < -0.39 is 0 Å². The van der Waals surface area contributed by atoms with Crippen molar-refractivity contribution in [2.24, 2.45) is 0 Å². The molecule has 1 heteroatoms. The first-order chi connectivity index (χ1) is 3.43. The third-order valence-electron chi connectivity index (χ3n) is 0.906. The Balaban J connectivity index is 2.45. The molecule has 7 heavy (non-hydrogen) atoms. The van der Waals surface area contributed by atoms with Crippen molar-refractivity contribution in [3.63, 3.8) is 0 Å². The first kappa shape index (κ1) is 5.12. The van der Waals surface area contributed by atoms with Crippen molar-refractivity contribution < 1.29 is 14.4 Å². The van der Waals surface area contributed by atoms with Crippen molar-refractivity contribution in [1.29, 1.82) is 0 Å². The molecule has 0 unspecified atom stereocenters. The van der Waals surface area contributed by atoms with Crippen LogP contribution in [0.25, 0.3) is 0 Å². The third-order valence-corrected chi connectivity index (χ3v) is 1.91. The van der Waals surface area contributed by atoms with Gasteiger partial charge in [0.2, 0.25) is 0 Å². The fourth-order valence-electron chi connectivity index (χ4n) is 0.525. The van der Waals surface area contributed by atoms with E-state index in [0.29, 0.717) is 0 Å². The summed E-state index contributed by atoms with van der Waals surface area (Å²) in [5, 5.41) is 0. The molecule has 0 N–H and O–H groups in total. The Kier molecular flexibility index (Phi) is 1.70. The normalized spacial score (nSPS) is 18.1. The van der Waals surface area contributed by atoms with Crippen LogP contribution in [-0.4, -0.2) is 0 Å². The van der Waals surface area contributed by atoms with E-state index in [0.717, 1.165) is 6.42 Å². The van der Waals surface area contributed by atoms with Crippen molar-refractivity contribution >= 4 is 0 Å². The standard InChI is InChI=1S/C5H5.CH3.Ni/c1-2-4-5-3-1;;/h1-3H,4H2;1H3;. The van der Waals surface area contributed by atoms with Gasteiger partial charge in [-0.05, 0) is 0 Å². The molecule has 0 aromatic rings. The summed E-state index contributed by atoms with van der Waals surface area (Å²) < 4.78 is 1.49. The summed E-state index contributed by atoms with van der Waals surface area (Å²) in [6.07, 6.45) is 7.62. The molecule has 0 aromatic carbocycles. The number of hydrogen-bond donors (Lipinski definition) is 0. The van der Waals surface area contributed by atoms with Crippen LogP contribution in [0.1, 0.15) is 6.42 Å².